The van der Waals surface area contributed by atoms with Crippen molar-refractivity contribution in [3.05, 3.63) is 47.5 Å². The molecule has 4 bridgehead atoms. The van der Waals surface area contributed by atoms with E-state index in [9.17, 15) is 19.2 Å². The summed E-state index contributed by atoms with van der Waals surface area (Å²) < 4.78 is 15.9. The fraction of sp³-hybridized carbons (Fsp3) is 0.333. The molecule has 0 spiro atoms. The molecule has 2 unspecified atom stereocenters. The Morgan fingerprint density at radius 3 is 2.31 bits per heavy atom. The standard InChI is InChI=1S/C24H28N4O7/c1-33-18-6-4-13-8-15(18)16-10-14(5-7-19(16)34-2)22(28-20(29)11-25)23(31)26-12-21(30)27-17(9-13)24(32)35-3/h4-8,10,17,22H,9,11-12,25H2,1-3H3,(H,26,31)(H,27,30)(H,28,29). The highest BCUT2D eigenvalue weighted by Crippen LogP contribution is 2.39. The van der Waals surface area contributed by atoms with Crippen molar-refractivity contribution in [3.8, 4) is 22.6 Å². The minimum atomic E-state index is -1.14. The molecule has 2 aromatic carbocycles. The number of methoxy groups -OCH3 is 3. The Kier molecular flexibility index (Phi) is 8.26. The lowest BCUT2D eigenvalue weighted by Gasteiger charge is -2.23. The topological polar surface area (TPSA) is 158 Å². The van der Waals surface area contributed by atoms with Crippen LogP contribution in [0.2, 0.25) is 0 Å². The Morgan fingerprint density at radius 2 is 1.69 bits per heavy atom. The van der Waals surface area contributed by atoms with Gasteiger partial charge in [-0.25, -0.2) is 4.79 Å². The van der Waals surface area contributed by atoms with Crippen molar-refractivity contribution in [1.29, 1.82) is 0 Å². The molecule has 1 aliphatic heterocycles. The van der Waals surface area contributed by atoms with Gasteiger partial charge in [-0.05, 0) is 35.4 Å². The van der Waals surface area contributed by atoms with Gasteiger partial charge in [-0.3, -0.25) is 14.4 Å². The summed E-state index contributed by atoms with van der Waals surface area (Å²) in [5.74, 6) is -1.41. The van der Waals surface area contributed by atoms with Gasteiger partial charge in [-0.2, -0.15) is 0 Å². The van der Waals surface area contributed by atoms with Crippen LogP contribution in [0.4, 0.5) is 0 Å². The van der Waals surface area contributed by atoms with Gasteiger partial charge in [0.2, 0.25) is 17.7 Å². The fourth-order valence-corrected chi connectivity index (χ4v) is 3.81. The Labute approximate surface area is 202 Å². The molecule has 0 radical (unpaired) electrons. The van der Waals surface area contributed by atoms with E-state index in [0.717, 1.165) is 5.56 Å². The molecule has 35 heavy (non-hydrogen) atoms. The zero-order chi connectivity index (χ0) is 25.5. The quantitative estimate of drug-likeness (QED) is 0.426. The molecule has 11 nitrogen and oxygen atoms in total. The minimum absolute atomic E-state index is 0.139. The van der Waals surface area contributed by atoms with Crippen molar-refractivity contribution in [3.63, 3.8) is 0 Å². The summed E-state index contributed by atoms with van der Waals surface area (Å²) in [6.45, 7) is -0.748. The molecule has 2 atom stereocenters. The SMILES string of the molecule is COC(=O)C1Cc2ccc(OC)c(c2)-c2cc(ccc2OC)C(NC(=O)CN)C(=O)NCC(=O)N1. The maximum atomic E-state index is 13.0. The first-order valence-electron chi connectivity index (χ1n) is 10.8. The van der Waals surface area contributed by atoms with Crippen LogP contribution in [0.5, 0.6) is 11.5 Å². The van der Waals surface area contributed by atoms with E-state index in [4.69, 9.17) is 19.9 Å². The maximum absolute atomic E-state index is 13.0. The fourth-order valence-electron chi connectivity index (χ4n) is 3.81. The molecular weight excluding hydrogens is 456 g/mol. The van der Waals surface area contributed by atoms with Crippen molar-refractivity contribution < 1.29 is 33.4 Å². The summed E-state index contributed by atoms with van der Waals surface area (Å²) in [6.07, 6.45) is 0.139. The molecule has 2 aromatic rings. The smallest absolute Gasteiger partial charge is 0.328 e. The first-order valence-corrected chi connectivity index (χ1v) is 10.8. The van der Waals surface area contributed by atoms with Crippen molar-refractivity contribution in [1.82, 2.24) is 16.0 Å². The third kappa shape index (κ3) is 5.87. The molecule has 0 saturated carbocycles. The van der Waals surface area contributed by atoms with Gasteiger partial charge in [-0.1, -0.05) is 12.1 Å². The van der Waals surface area contributed by atoms with Crippen LogP contribution in [-0.4, -0.2) is 64.2 Å². The number of ether oxygens (including phenoxy) is 3. The molecule has 0 fully saturated rings. The van der Waals surface area contributed by atoms with Gasteiger partial charge in [0, 0.05) is 17.5 Å². The molecule has 5 N–H and O–H groups in total. The number of amides is 3. The summed E-state index contributed by atoms with van der Waals surface area (Å²) in [5, 5.41) is 7.66. The summed E-state index contributed by atoms with van der Waals surface area (Å²) in [7, 11) is 4.25. The molecule has 1 heterocycles. The van der Waals surface area contributed by atoms with E-state index in [-0.39, 0.29) is 13.0 Å². The maximum Gasteiger partial charge on any atom is 0.328 e. The second kappa shape index (κ2) is 11.3. The monoisotopic (exact) mass is 484 g/mol. The first-order chi connectivity index (χ1) is 16.8. The van der Waals surface area contributed by atoms with Crippen LogP contribution < -0.4 is 31.2 Å². The van der Waals surface area contributed by atoms with E-state index in [1.54, 1.807) is 30.3 Å². The van der Waals surface area contributed by atoms with Gasteiger partial charge in [0.05, 0.1) is 34.4 Å². The van der Waals surface area contributed by atoms with Crippen LogP contribution in [0.15, 0.2) is 36.4 Å². The molecular formula is C24H28N4O7. The van der Waals surface area contributed by atoms with Crippen LogP contribution in [0.3, 0.4) is 0 Å². The Morgan fingerprint density at radius 1 is 1.03 bits per heavy atom. The lowest BCUT2D eigenvalue weighted by atomic mass is 9.94. The number of hydrogen-bond donors (Lipinski definition) is 4. The summed E-state index contributed by atoms with van der Waals surface area (Å²) in [5.41, 5.74) is 7.82. The number of rotatable bonds is 5. The lowest BCUT2D eigenvalue weighted by molar-refractivity contribution is -0.145. The Balaban J connectivity index is 2.22. The number of fused-ring (bicyclic) bond motifs is 5. The van der Waals surface area contributed by atoms with Crippen molar-refractivity contribution >= 4 is 23.7 Å². The molecule has 0 aliphatic carbocycles. The Hall–Kier alpha value is -4.12. The van der Waals surface area contributed by atoms with E-state index >= 15 is 0 Å². The number of nitrogens with two attached hydrogens (primary N) is 1. The highest BCUT2D eigenvalue weighted by molar-refractivity contribution is 5.93. The molecule has 11 heteroatoms. The van der Waals surface area contributed by atoms with Gasteiger partial charge < -0.3 is 35.9 Å². The largest absolute Gasteiger partial charge is 0.496 e. The second-order valence-electron chi connectivity index (χ2n) is 7.76. The van der Waals surface area contributed by atoms with E-state index in [2.05, 4.69) is 16.0 Å². The predicted molar refractivity (Wildman–Crippen MR) is 126 cm³/mol. The van der Waals surface area contributed by atoms with Crippen LogP contribution >= 0.6 is 0 Å². The van der Waals surface area contributed by atoms with Crippen LogP contribution in [0.1, 0.15) is 17.2 Å². The average Bonchev–Trinajstić information content (AvgIpc) is 2.88. The third-order valence-electron chi connectivity index (χ3n) is 5.55. The zero-order valence-electron chi connectivity index (χ0n) is 19.7. The van der Waals surface area contributed by atoms with Crippen LogP contribution in [0, 0.1) is 0 Å². The van der Waals surface area contributed by atoms with Crippen molar-refractivity contribution in [2.45, 2.75) is 18.5 Å². The first kappa shape index (κ1) is 25.5. The van der Waals surface area contributed by atoms with Gasteiger partial charge in [-0.15, -0.1) is 0 Å². The number of nitrogens with one attached hydrogen (secondary N) is 3. The molecule has 186 valence electrons. The summed E-state index contributed by atoms with van der Waals surface area (Å²) in [6, 6.07) is 8.19. The van der Waals surface area contributed by atoms with Crippen molar-refractivity contribution in [2.24, 2.45) is 5.73 Å². The number of carbonyl (C=O) groups is 4. The van der Waals surface area contributed by atoms with E-state index in [0.29, 0.717) is 28.2 Å². The minimum Gasteiger partial charge on any atom is -0.496 e. The number of benzene rings is 2. The van der Waals surface area contributed by atoms with E-state index < -0.39 is 42.3 Å². The van der Waals surface area contributed by atoms with Gasteiger partial charge in [0.25, 0.3) is 0 Å². The third-order valence-corrected chi connectivity index (χ3v) is 5.55. The molecule has 3 rings (SSSR count). The van der Waals surface area contributed by atoms with E-state index in [1.807, 2.05) is 6.07 Å². The van der Waals surface area contributed by atoms with Gasteiger partial charge >= 0.3 is 5.97 Å². The highest BCUT2D eigenvalue weighted by atomic mass is 16.5. The lowest BCUT2D eigenvalue weighted by Crippen LogP contribution is -2.49. The number of hydrogen-bond acceptors (Lipinski definition) is 8. The highest BCUT2D eigenvalue weighted by Gasteiger charge is 2.27. The molecule has 0 aromatic heterocycles. The molecule has 1 aliphatic rings. The molecule has 3 amide bonds. The van der Waals surface area contributed by atoms with Gasteiger partial charge in [0.1, 0.15) is 23.6 Å². The van der Waals surface area contributed by atoms with Crippen LogP contribution in [0.25, 0.3) is 11.1 Å². The van der Waals surface area contributed by atoms with Gasteiger partial charge in [0.15, 0.2) is 0 Å². The predicted octanol–water partition coefficient (Wildman–Crippen LogP) is -0.183. The normalized spacial score (nSPS) is 17.8. The van der Waals surface area contributed by atoms with E-state index in [1.165, 1.54) is 21.3 Å². The summed E-state index contributed by atoms with van der Waals surface area (Å²) >= 11 is 0. The average molecular weight is 485 g/mol. The number of esters is 1. The second-order valence-corrected chi connectivity index (χ2v) is 7.76. The summed E-state index contributed by atoms with van der Waals surface area (Å²) in [4.78, 5) is 50.0. The van der Waals surface area contributed by atoms with Crippen molar-refractivity contribution in [2.75, 3.05) is 34.4 Å². The number of carbonyl (C=O) groups excluding carboxylic acids is 4. The van der Waals surface area contributed by atoms with Crippen LogP contribution in [-0.2, 0) is 30.3 Å². The Bertz CT molecular complexity index is 1130. The zero-order valence-corrected chi connectivity index (χ0v) is 19.7. The molecule has 0 saturated heterocycles.